The zero-order chi connectivity index (χ0) is 31.1. The molecule has 0 unspecified atom stereocenters. The fraction of sp³-hybridized carbons (Fsp3) is 0.208. The van der Waals surface area contributed by atoms with Crippen molar-refractivity contribution in [3.63, 3.8) is 0 Å². The van der Waals surface area contributed by atoms with Crippen molar-refractivity contribution in [3.05, 3.63) is 76.7 Å². The lowest BCUT2D eigenvalue weighted by molar-refractivity contribution is -0.129. The number of carboxylic acids is 1. The fourth-order valence-corrected chi connectivity index (χ4v) is 4.46. The van der Waals surface area contributed by atoms with Gasteiger partial charge in [0.2, 0.25) is 5.91 Å². The number of tetrazole rings is 1. The van der Waals surface area contributed by atoms with Gasteiger partial charge in [-0.05, 0) is 53.4 Å². The van der Waals surface area contributed by atoms with Gasteiger partial charge in [0.05, 0.1) is 30.0 Å². The minimum absolute atomic E-state index is 0.0313. The van der Waals surface area contributed by atoms with Gasteiger partial charge in [-0.2, -0.15) is 4.68 Å². The number of carboxylic acid groups (broad SMARTS) is 1. The van der Waals surface area contributed by atoms with Crippen LogP contribution in [-0.4, -0.2) is 63.1 Å². The van der Waals surface area contributed by atoms with E-state index in [1.54, 1.807) is 0 Å². The molecular weight excluding hydrogens is 522 g/mol. The topological polar surface area (TPSA) is 143 Å². The lowest BCUT2D eigenvalue weighted by Gasteiger charge is -2.33. The highest BCUT2D eigenvalue weighted by molar-refractivity contribution is 6.31. The van der Waals surface area contributed by atoms with Gasteiger partial charge in [0.25, 0.3) is 0 Å². The molecule has 0 bridgehead atoms. The molecule has 5 heterocycles. The number of amides is 1. The summed E-state index contributed by atoms with van der Waals surface area (Å²) in [5.74, 6) is -5.06. The van der Waals surface area contributed by atoms with Crippen molar-refractivity contribution in [2.24, 2.45) is 0 Å². The number of aromatic nitrogens is 7. The van der Waals surface area contributed by atoms with Crippen LogP contribution in [0.3, 0.4) is 0 Å². The maximum absolute atomic E-state index is 15.6. The molecule has 2 N–H and O–H groups in total. The second-order valence-corrected chi connectivity index (χ2v) is 8.56. The summed E-state index contributed by atoms with van der Waals surface area (Å²) >= 11 is 6.01. The maximum atomic E-state index is 15.6. The molecule has 14 heteroatoms. The van der Waals surface area contributed by atoms with E-state index in [9.17, 15) is 20.5 Å². The number of imidazole rings is 1. The molecule has 0 saturated carbocycles. The Kier molecular flexibility index (Phi) is 4.47. The summed E-state index contributed by atoms with van der Waals surface area (Å²) in [6.07, 6.45) is -2.37. The monoisotopic (exact) mass is 543 g/mol. The van der Waals surface area contributed by atoms with E-state index in [-0.39, 0.29) is 22.8 Å². The first-order valence-electron chi connectivity index (χ1n) is 13.4. The Morgan fingerprint density at radius 1 is 1.26 bits per heavy atom. The SMILES string of the molecule is [2H]C1([2H])C[C@@H](c2ncc(-c3ccnc(C(=O)O)c3F)[nH]2)N2C(=O)C=C(c3c(-n4cnnn4)ccc(Cl)c3F)C([2H])([2H])[C@]21[2H]. The number of H-pyrrole nitrogens is 1. The van der Waals surface area contributed by atoms with Gasteiger partial charge < -0.3 is 15.0 Å². The van der Waals surface area contributed by atoms with Crippen molar-refractivity contribution in [1.29, 1.82) is 0 Å². The predicted octanol–water partition coefficient (Wildman–Crippen LogP) is 3.60. The molecule has 3 aromatic heterocycles. The Balaban J connectivity index is 1.49. The van der Waals surface area contributed by atoms with E-state index in [2.05, 4.69) is 30.5 Å². The number of pyridine rings is 1. The van der Waals surface area contributed by atoms with Gasteiger partial charge in [0, 0.05) is 34.9 Å². The molecule has 2 aliphatic rings. The Labute approximate surface area is 224 Å². The van der Waals surface area contributed by atoms with Gasteiger partial charge in [-0.25, -0.2) is 23.5 Å². The Hall–Kier alpha value is -4.52. The van der Waals surface area contributed by atoms with Gasteiger partial charge in [-0.15, -0.1) is 5.10 Å². The quantitative estimate of drug-likeness (QED) is 0.389. The lowest BCUT2D eigenvalue weighted by Crippen LogP contribution is -2.39. The predicted molar refractivity (Wildman–Crippen MR) is 128 cm³/mol. The normalized spacial score (nSPS) is 25.5. The van der Waals surface area contributed by atoms with Crippen molar-refractivity contribution in [2.45, 2.75) is 31.2 Å². The maximum Gasteiger partial charge on any atom is 0.357 e. The highest BCUT2D eigenvalue weighted by Gasteiger charge is 2.42. The Morgan fingerprint density at radius 2 is 2.11 bits per heavy atom. The van der Waals surface area contributed by atoms with Crippen LogP contribution in [0.4, 0.5) is 8.78 Å². The first kappa shape index (κ1) is 18.7. The van der Waals surface area contributed by atoms with Gasteiger partial charge in [-0.3, -0.25) is 4.79 Å². The van der Waals surface area contributed by atoms with Crippen LogP contribution in [0.1, 0.15) is 53.9 Å². The minimum atomic E-state index is -3.06. The molecule has 6 rings (SSSR count). The molecular formula is C24H17ClF2N8O3. The van der Waals surface area contributed by atoms with Crippen LogP contribution in [0.5, 0.6) is 0 Å². The van der Waals surface area contributed by atoms with E-state index in [0.29, 0.717) is 4.90 Å². The second-order valence-electron chi connectivity index (χ2n) is 8.15. The molecule has 4 aromatic rings. The highest BCUT2D eigenvalue weighted by atomic mass is 35.5. The minimum Gasteiger partial charge on any atom is -0.476 e. The van der Waals surface area contributed by atoms with E-state index in [1.165, 1.54) is 18.2 Å². The lowest BCUT2D eigenvalue weighted by atomic mass is 9.92. The average Bonchev–Trinajstić information content (AvgIpc) is 3.68. The van der Waals surface area contributed by atoms with Crippen molar-refractivity contribution < 1.29 is 30.3 Å². The second kappa shape index (κ2) is 9.10. The van der Waals surface area contributed by atoms with E-state index >= 15 is 4.39 Å². The van der Waals surface area contributed by atoms with E-state index in [0.717, 1.165) is 29.5 Å². The van der Waals surface area contributed by atoms with Gasteiger partial charge in [0.1, 0.15) is 12.2 Å². The van der Waals surface area contributed by atoms with Crippen LogP contribution in [0.25, 0.3) is 22.5 Å². The van der Waals surface area contributed by atoms with Gasteiger partial charge >= 0.3 is 5.97 Å². The molecule has 38 heavy (non-hydrogen) atoms. The van der Waals surface area contributed by atoms with Gasteiger partial charge in [0.15, 0.2) is 17.3 Å². The molecule has 2 aliphatic heterocycles. The number of rotatable bonds is 5. The third-order valence-electron chi connectivity index (χ3n) is 6.00. The number of fused-ring (bicyclic) bond motifs is 1. The number of halogens is 3. The third-order valence-corrected chi connectivity index (χ3v) is 6.30. The van der Waals surface area contributed by atoms with Crippen molar-refractivity contribution in [2.75, 3.05) is 0 Å². The number of nitrogens with one attached hydrogen (secondary N) is 1. The molecule has 2 atom stereocenters. The molecule has 192 valence electrons. The van der Waals surface area contributed by atoms with Crippen LogP contribution in [0.15, 0.2) is 43.0 Å². The standard InChI is InChI=1S/C24H17ClF2N8O3/c25-14-2-4-16(34-10-30-32-33-34)19(21(14)27)11-7-12-1-3-17(35(12)18(36)8-11)23-29-9-15(31-23)13-5-6-28-22(20(13)26)24(37)38/h2,4-6,8-10,12,17H,1,3,7H2,(H,29,31)(H,37,38)/t12-,17+/m1/s1/i1D2,7D2,12D. The highest BCUT2D eigenvalue weighted by Crippen LogP contribution is 2.44. The molecule has 1 saturated heterocycles. The molecule has 1 amide bonds. The molecule has 1 aromatic carbocycles. The van der Waals surface area contributed by atoms with Crippen molar-refractivity contribution >= 4 is 29.1 Å². The number of aromatic carboxylic acids is 1. The molecule has 0 spiro atoms. The van der Waals surface area contributed by atoms with E-state index in [4.69, 9.17) is 17.1 Å². The zero-order valence-electron chi connectivity index (χ0n) is 23.9. The first-order chi connectivity index (χ1) is 20.2. The number of benzene rings is 1. The van der Waals surface area contributed by atoms with Crippen LogP contribution in [0, 0.1) is 11.6 Å². The smallest absolute Gasteiger partial charge is 0.357 e. The van der Waals surface area contributed by atoms with Crippen LogP contribution in [-0.2, 0) is 4.79 Å². The summed E-state index contributed by atoms with van der Waals surface area (Å²) in [5.41, 5.74) is -2.40. The molecule has 11 nitrogen and oxygen atoms in total. The first-order valence-corrected chi connectivity index (χ1v) is 11.3. The zero-order valence-corrected chi connectivity index (χ0v) is 19.6. The van der Waals surface area contributed by atoms with Crippen molar-refractivity contribution in [3.8, 4) is 16.9 Å². The summed E-state index contributed by atoms with van der Waals surface area (Å²) < 4.78 is 76.2. The number of carbonyl (C=O) groups excluding carboxylic acids is 1. The largest absolute Gasteiger partial charge is 0.476 e. The number of carbonyl (C=O) groups is 2. The Morgan fingerprint density at radius 3 is 2.87 bits per heavy atom. The van der Waals surface area contributed by atoms with E-state index in [1.807, 2.05) is 0 Å². The van der Waals surface area contributed by atoms with Crippen LogP contribution >= 0.6 is 11.6 Å². The number of hydrogen-bond acceptors (Lipinski definition) is 7. The molecule has 1 fully saturated rings. The third kappa shape index (κ3) is 3.82. The van der Waals surface area contributed by atoms with E-state index < -0.39 is 76.6 Å². The van der Waals surface area contributed by atoms with Gasteiger partial charge in [-0.1, -0.05) is 11.6 Å². The summed E-state index contributed by atoms with van der Waals surface area (Å²) in [6, 6.07) is -0.682. The van der Waals surface area contributed by atoms with Crippen LogP contribution in [0.2, 0.25) is 5.02 Å². The fourth-order valence-electron chi connectivity index (χ4n) is 4.31. The van der Waals surface area contributed by atoms with Crippen molar-refractivity contribution in [1.82, 2.24) is 40.1 Å². The average molecular weight is 544 g/mol. The number of aromatic amines is 1. The molecule has 0 radical (unpaired) electrons. The Bertz CT molecular complexity index is 1850. The summed E-state index contributed by atoms with van der Waals surface area (Å²) in [4.78, 5) is 36.0. The number of nitrogens with zero attached hydrogens (tertiary/aromatic N) is 7. The summed E-state index contributed by atoms with van der Waals surface area (Å²) in [7, 11) is 0. The summed E-state index contributed by atoms with van der Waals surface area (Å²) in [6.45, 7) is 0. The summed E-state index contributed by atoms with van der Waals surface area (Å²) in [5, 5.41) is 19.4. The van der Waals surface area contributed by atoms with Crippen LogP contribution < -0.4 is 0 Å². The number of hydrogen-bond donors (Lipinski definition) is 2. The molecule has 0 aliphatic carbocycles.